The lowest BCUT2D eigenvalue weighted by Gasteiger charge is -2.35. The first-order valence-corrected chi connectivity index (χ1v) is 16.0. The van der Waals surface area contributed by atoms with E-state index in [1.165, 1.54) is 31.9 Å². The number of rotatable bonds is 10. The van der Waals surface area contributed by atoms with Crippen molar-refractivity contribution < 1.29 is 19.0 Å². The van der Waals surface area contributed by atoms with E-state index in [2.05, 4.69) is 49.5 Å². The molecule has 10 nitrogen and oxygen atoms in total. The summed E-state index contributed by atoms with van der Waals surface area (Å²) in [5, 5.41) is 8.07. The molecule has 234 valence electrons. The number of likely N-dealkylation sites (N-methyl/N-ethyl adjacent to an activating group) is 1. The molecule has 14 heteroatoms. The summed E-state index contributed by atoms with van der Waals surface area (Å²) < 4.78 is 17.5. The second-order valence-electron chi connectivity index (χ2n) is 10.3. The highest BCUT2D eigenvalue weighted by molar-refractivity contribution is 7.18. The number of anilines is 4. The molecular formula is C30H33Cl3N6O4S. The highest BCUT2D eigenvalue weighted by Crippen LogP contribution is 2.50. The Balaban J connectivity index is 1.43. The molecule has 0 aliphatic carbocycles. The second kappa shape index (κ2) is 13.8. The lowest BCUT2D eigenvalue weighted by Crippen LogP contribution is -2.46. The Bertz CT molecular complexity index is 1650. The molecule has 0 radical (unpaired) electrons. The summed E-state index contributed by atoms with van der Waals surface area (Å²) in [4.78, 5) is 27.2. The molecule has 0 bridgehead atoms. The molecule has 3 heterocycles. The van der Waals surface area contributed by atoms with Gasteiger partial charge in [0.1, 0.15) is 27.1 Å². The Labute approximate surface area is 275 Å². The van der Waals surface area contributed by atoms with E-state index in [0.717, 1.165) is 44.1 Å². The number of aromatic nitrogens is 2. The third-order valence-corrected chi connectivity index (χ3v) is 9.29. The number of fused-ring (bicyclic) bond motifs is 1. The van der Waals surface area contributed by atoms with Crippen LogP contribution in [-0.2, 0) is 0 Å². The fraction of sp³-hybridized carbons (Fsp3) is 0.367. The van der Waals surface area contributed by atoms with E-state index in [-0.39, 0.29) is 38.4 Å². The molecule has 44 heavy (non-hydrogen) atoms. The van der Waals surface area contributed by atoms with E-state index in [0.29, 0.717) is 27.3 Å². The molecule has 5 rings (SSSR count). The van der Waals surface area contributed by atoms with Crippen LogP contribution in [0.1, 0.15) is 31.1 Å². The number of amides is 1. The van der Waals surface area contributed by atoms with E-state index >= 15 is 0 Å². The number of ether oxygens (including phenoxy) is 3. The highest BCUT2D eigenvalue weighted by atomic mass is 35.5. The first kappa shape index (κ1) is 32.2. The predicted molar refractivity (Wildman–Crippen MR) is 180 cm³/mol. The zero-order valence-corrected chi connectivity index (χ0v) is 28.0. The van der Waals surface area contributed by atoms with E-state index in [4.69, 9.17) is 49.0 Å². The van der Waals surface area contributed by atoms with E-state index in [9.17, 15) is 4.79 Å². The Morgan fingerprint density at radius 2 is 1.70 bits per heavy atom. The molecule has 0 spiro atoms. The number of nitrogens with one attached hydrogen (secondary N) is 2. The molecular weight excluding hydrogens is 647 g/mol. The van der Waals surface area contributed by atoms with E-state index in [1.807, 2.05) is 19.9 Å². The van der Waals surface area contributed by atoms with Crippen LogP contribution in [0.15, 0.2) is 29.9 Å². The smallest absolute Gasteiger partial charge is 0.258 e. The van der Waals surface area contributed by atoms with Gasteiger partial charge in [-0.05, 0) is 32.5 Å². The van der Waals surface area contributed by atoms with Crippen LogP contribution in [0.4, 0.5) is 22.9 Å². The number of piperazine rings is 1. The fourth-order valence-electron chi connectivity index (χ4n) is 4.98. The molecule has 1 amide bonds. The SMILES string of the molecule is CCN1CCN(c2ccc(Nc3ncnc4c(C(=O)Nc5c(Cl)c(OC)c(Cl)c(OC)c5Cl)csc34)c(OC(C)C)c2)CC1. The molecule has 2 aromatic carbocycles. The minimum atomic E-state index is -0.479. The van der Waals surface area contributed by atoms with Crippen LogP contribution >= 0.6 is 46.1 Å². The maximum absolute atomic E-state index is 13.5. The van der Waals surface area contributed by atoms with Crippen molar-refractivity contribution in [3.8, 4) is 17.2 Å². The van der Waals surface area contributed by atoms with Gasteiger partial charge < -0.3 is 34.6 Å². The van der Waals surface area contributed by atoms with Crippen molar-refractivity contribution in [3.05, 3.63) is 50.5 Å². The largest absolute Gasteiger partial charge is 0.493 e. The minimum absolute atomic E-state index is 0.0334. The first-order valence-electron chi connectivity index (χ1n) is 14.0. The maximum atomic E-state index is 13.5. The number of carbonyl (C=O) groups excluding carboxylic acids is 1. The number of carbonyl (C=O) groups is 1. The number of nitrogens with zero attached hydrogens (tertiary/aromatic N) is 4. The maximum Gasteiger partial charge on any atom is 0.258 e. The fourth-order valence-corrected chi connectivity index (χ4v) is 7.04. The molecule has 0 saturated carbocycles. The van der Waals surface area contributed by atoms with E-state index in [1.54, 1.807) is 5.38 Å². The summed E-state index contributed by atoms with van der Waals surface area (Å²) in [5.41, 5.74) is 2.75. The first-order chi connectivity index (χ1) is 21.2. The van der Waals surface area contributed by atoms with Gasteiger partial charge in [0.05, 0.1) is 47.5 Å². The van der Waals surface area contributed by atoms with Crippen molar-refractivity contribution in [1.29, 1.82) is 0 Å². The van der Waals surface area contributed by atoms with Gasteiger partial charge in [0.15, 0.2) is 17.3 Å². The molecule has 1 aliphatic rings. The predicted octanol–water partition coefficient (Wildman–Crippen LogP) is 7.59. The van der Waals surface area contributed by atoms with Crippen LogP contribution in [0.5, 0.6) is 17.2 Å². The van der Waals surface area contributed by atoms with Crippen LogP contribution < -0.4 is 29.7 Å². The number of benzene rings is 2. The van der Waals surface area contributed by atoms with Crippen molar-refractivity contribution in [3.63, 3.8) is 0 Å². The lowest BCUT2D eigenvalue weighted by atomic mass is 10.2. The number of halogens is 3. The van der Waals surface area contributed by atoms with Gasteiger partial charge in [-0.25, -0.2) is 9.97 Å². The van der Waals surface area contributed by atoms with Crippen LogP contribution in [0.25, 0.3) is 10.2 Å². The van der Waals surface area contributed by atoms with Crippen LogP contribution in [-0.4, -0.2) is 73.8 Å². The second-order valence-corrected chi connectivity index (χ2v) is 12.3. The van der Waals surface area contributed by atoms with Crippen LogP contribution in [0.3, 0.4) is 0 Å². The molecule has 2 aromatic heterocycles. The van der Waals surface area contributed by atoms with Crippen LogP contribution in [0, 0.1) is 0 Å². The highest BCUT2D eigenvalue weighted by Gasteiger charge is 2.26. The van der Waals surface area contributed by atoms with Crippen molar-refractivity contribution in [1.82, 2.24) is 14.9 Å². The number of hydrogen-bond donors (Lipinski definition) is 2. The third-order valence-electron chi connectivity index (χ3n) is 7.25. The Hall–Kier alpha value is -3.22. The Kier molecular flexibility index (Phi) is 10.1. The molecule has 0 unspecified atom stereocenters. The van der Waals surface area contributed by atoms with E-state index < -0.39 is 5.91 Å². The molecule has 0 atom stereocenters. The van der Waals surface area contributed by atoms with Crippen molar-refractivity contribution in [2.45, 2.75) is 26.9 Å². The van der Waals surface area contributed by atoms with Crippen molar-refractivity contribution >= 4 is 85.1 Å². The molecule has 1 fully saturated rings. The van der Waals surface area contributed by atoms with Crippen molar-refractivity contribution in [2.24, 2.45) is 0 Å². The molecule has 1 saturated heterocycles. The molecule has 2 N–H and O–H groups in total. The molecule has 4 aromatic rings. The summed E-state index contributed by atoms with van der Waals surface area (Å²) in [6, 6.07) is 6.16. The summed E-state index contributed by atoms with van der Waals surface area (Å²) in [7, 11) is 2.81. The van der Waals surface area contributed by atoms with Gasteiger partial charge in [0.25, 0.3) is 5.91 Å². The van der Waals surface area contributed by atoms with Gasteiger partial charge in [0.2, 0.25) is 0 Å². The Morgan fingerprint density at radius 3 is 2.32 bits per heavy atom. The normalized spacial score (nSPS) is 13.8. The quantitative estimate of drug-likeness (QED) is 0.176. The standard InChI is InChI=1S/C30H33Cl3N6O4S/c1-6-38-9-11-39(12-10-38)17-7-8-19(20(13-17)43-16(2)3)36-29-28-24(34-15-35-29)18(14-44-28)30(40)37-25-21(31)26(41-4)23(33)27(42-5)22(25)32/h7-8,13-16H,6,9-12H2,1-5H3,(H,37,40)(H,34,35,36). The third kappa shape index (κ3) is 6.43. The van der Waals surface area contributed by atoms with Gasteiger partial charge in [-0.15, -0.1) is 11.3 Å². The van der Waals surface area contributed by atoms with Crippen molar-refractivity contribution in [2.75, 3.05) is 62.5 Å². The lowest BCUT2D eigenvalue weighted by molar-refractivity contribution is 0.102. The monoisotopic (exact) mass is 678 g/mol. The van der Waals surface area contributed by atoms with Gasteiger partial charge in [-0.1, -0.05) is 41.7 Å². The molecule has 1 aliphatic heterocycles. The van der Waals surface area contributed by atoms with Gasteiger partial charge in [-0.2, -0.15) is 0 Å². The number of hydrogen-bond acceptors (Lipinski definition) is 10. The summed E-state index contributed by atoms with van der Waals surface area (Å²) in [6.07, 6.45) is 1.38. The minimum Gasteiger partial charge on any atom is -0.493 e. The zero-order chi connectivity index (χ0) is 31.5. The zero-order valence-electron chi connectivity index (χ0n) is 25.0. The average molecular weight is 680 g/mol. The Morgan fingerprint density at radius 1 is 1.02 bits per heavy atom. The average Bonchev–Trinajstić information content (AvgIpc) is 3.46. The summed E-state index contributed by atoms with van der Waals surface area (Å²) >= 11 is 20.7. The van der Waals surface area contributed by atoms with Gasteiger partial charge in [-0.3, -0.25) is 4.79 Å². The summed E-state index contributed by atoms with van der Waals surface area (Å²) in [5.74, 6) is 1.03. The summed E-state index contributed by atoms with van der Waals surface area (Å²) in [6.45, 7) is 11.2. The number of methoxy groups -OCH3 is 2. The number of thiophene rings is 1. The van der Waals surface area contributed by atoms with Crippen LogP contribution in [0.2, 0.25) is 15.1 Å². The van der Waals surface area contributed by atoms with Gasteiger partial charge in [0, 0.05) is 43.3 Å². The van der Waals surface area contributed by atoms with Gasteiger partial charge >= 0.3 is 0 Å². The topological polar surface area (TPSA) is 101 Å².